The van der Waals surface area contributed by atoms with E-state index in [1.165, 1.54) is 14.2 Å². The Hall–Kier alpha value is -2.52. The minimum Gasteiger partial charge on any atom is -0.439 e. The highest BCUT2D eigenvalue weighted by Gasteiger charge is 2.31. The van der Waals surface area contributed by atoms with Gasteiger partial charge in [0.15, 0.2) is 0 Å². The molecule has 3 aromatic carbocycles. The molecular formula is C31H33Cl4NO6. The predicted molar refractivity (Wildman–Crippen MR) is 167 cm³/mol. The van der Waals surface area contributed by atoms with Crippen molar-refractivity contribution in [3.05, 3.63) is 99.5 Å². The summed E-state index contributed by atoms with van der Waals surface area (Å²) >= 11 is 25.4. The molecule has 0 bridgehead atoms. The number of hydrogen-bond acceptors (Lipinski definition) is 7. The molecule has 0 radical (unpaired) electrons. The molecule has 0 aliphatic heterocycles. The highest BCUT2D eigenvalue weighted by Crippen LogP contribution is 2.25. The fraction of sp³-hybridized carbons (Fsp3) is 0.355. The van der Waals surface area contributed by atoms with Crippen LogP contribution in [0, 0.1) is 0 Å². The first-order valence-corrected chi connectivity index (χ1v) is 14.9. The van der Waals surface area contributed by atoms with Gasteiger partial charge in [-0.1, -0.05) is 96.1 Å². The van der Waals surface area contributed by atoms with Crippen LogP contribution in [0.2, 0.25) is 10.0 Å². The molecule has 0 saturated heterocycles. The number of ether oxygens (including phenoxy) is 4. The van der Waals surface area contributed by atoms with Crippen LogP contribution in [-0.2, 0) is 25.4 Å². The lowest BCUT2D eigenvalue weighted by molar-refractivity contribution is -0.00939. The Labute approximate surface area is 266 Å². The molecule has 0 saturated carbocycles. The van der Waals surface area contributed by atoms with Crippen molar-refractivity contribution in [2.75, 3.05) is 32.2 Å². The van der Waals surface area contributed by atoms with Crippen LogP contribution in [0.25, 0.3) is 0 Å². The third-order valence-corrected chi connectivity index (χ3v) is 7.83. The topological polar surface area (TPSA) is 74.3 Å². The third kappa shape index (κ3) is 9.49. The number of benzene rings is 3. The van der Waals surface area contributed by atoms with Gasteiger partial charge in [0.2, 0.25) is 11.1 Å². The highest BCUT2D eigenvalue weighted by atomic mass is 35.5. The molecule has 4 unspecified atom stereocenters. The molecule has 0 fully saturated rings. The summed E-state index contributed by atoms with van der Waals surface area (Å²) in [5.41, 5.74) is 0.00900. The second-order valence-corrected chi connectivity index (χ2v) is 11.0. The molecular weight excluding hydrogens is 624 g/mol. The van der Waals surface area contributed by atoms with Crippen LogP contribution in [-0.4, -0.2) is 62.6 Å². The van der Waals surface area contributed by atoms with Crippen molar-refractivity contribution in [2.45, 2.75) is 43.1 Å². The Morgan fingerprint density at radius 2 is 1.21 bits per heavy atom. The molecule has 226 valence electrons. The zero-order valence-corrected chi connectivity index (χ0v) is 26.5. The number of carbonyl (C=O) groups is 2. The number of carbonyl (C=O) groups excluding carboxylic acids is 2. The van der Waals surface area contributed by atoms with Crippen LogP contribution in [0.3, 0.4) is 0 Å². The number of esters is 2. The largest absolute Gasteiger partial charge is 0.439 e. The van der Waals surface area contributed by atoms with Gasteiger partial charge in [-0.3, -0.25) is 0 Å². The fourth-order valence-corrected chi connectivity index (χ4v) is 5.14. The van der Waals surface area contributed by atoms with E-state index in [-0.39, 0.29) is 34.3 Å². The number of rotatable bonds is 15. The van der Waals surface area contributed by atoms with Crippen LogP contribution in [0.5, 0.6) is 0 Å². The summed E-state index contributed by atoms with van der Waals surface area (Å²) in [6, 6.07) is 21.0. The van der Waals surface area contributed by atoms with E-state index in [1.54, 1.807) is 48.5 Å². The number of alkyl halides is 2. The van der Waals surface area contributed by atoms with E-state index in [0.717, 1.165) is 24.1 Å². The minimum absolute atomic E-state index is 0.179. The summed E-state index contributed by atoms with van der Waals surface area (Å²) in [6.07, 6.45) is 0.299. The molecule has 4 atom stereocenters. The van der Waals surface area contributed by atoms with E-state index in [9.17, 15) is 9.59 Å². The molecule has 0 heterocycles. The van der Waals surface area contributed by atoms with Gasteiger partial charge in [0.05, 0.1) is 21.2 Å². The first kappa shape index (κ1) is 34.0. The van der Waals surface area contributed by atoms with Gasteiger partial charge in [-0.05, 0) is 48.4 Å². The van der Waals surface area contributed by atoms with Crippen molar-refractivity contribution >= 4 is 64.0 Å². The van der Waals surface area contributed by atoms with Crippen LogP contribution in [0.1, 0.15) is 39.6 Å². The second kappa shape index (κ2) is 16.9. The maximum Gasteiger partial charge on any atom is 0.341 e. The number of anilines is 1. The summed E-state index contributed by atoms with van der Waals surface area (Å²) in [4.78, 5) is 27.5. The molecule has 3 rings (SSSR count). The average molecular weight is 657 g/mol. The smallest absolute Gasteiger partial charge is 0.341 e. The van der Waals surface area contributed by atoms with Gasteiger partial charge in [0, 0.05) is 33.0 Å². The summed E-state index contributed by atoms with van der Waals surface area (Å²) in [7, 11) is 2.94. The van der Waals surface area contributed by atoms with Gasteiger partial charge in [-0.25, -0.2) is 9.59 Å². The van der Waals surface area contributed by atoms with Gasteiger partial charge in [0.1, 0.15) is 12.2 Å². The number of methoxy groups -OCH3 is 2. The van der Waals surface area contributed by atoms with E-state index in [2.05, 4.69) is 6.92 Å². The van der Waals surface area contributed by atoms with Gasteiger partial charge in [-0.15, -0.1) is 0 Å². The Bertz CT molecular complexity index is 1250. The maximum absolute atomic E-state index is 12.8. The Morgan fingerprint density at radius 1 is 0.738 bits per heavy atom. The third-order valence-electron chi connectivity index (χ3n) is 6.43. The van der Waals surface area contributed by atoms with Crippen LogP contribution in [0.4, 0.5) is 5.69 Å². The molecule has 0 spiro atoms. The van der Waals surface area contributed by atoms with Crippen molar-refractivity contribution in [3.63, 3.8) is 0 Å². The highest BCUT2D eigenvalue weighted by molar-refractivity contribution is 6.34. The monoisotopic (exact) mass is 655 g/mol. The first-order chi connectivity index (χ1) is 20.2. The van der Waals surface area contributed by atoms with Crippen LogP contribution >= 0.6 is 46.4 Å². The molecule has 0 aliphatic carbocycles. The van der Waals surface area contributed by atoms with Gasteiger partial charge in [0.25, 0.3) is 0 Å². The Kier molecular flexibility index (Phi) is 13.7. The lowest BCUT2D eigenvalue weighted by atomic mass is 10.1. The van der Waals surface area contributed by atoms with Crippen molar-refractivity contribution in [3.8, 4) is 0 Å². The number of hydrogen-bond donors (Lipinski definition) is 0. The second-order valence-electron chi connectivity index (χ2n) is 9.35. The molecule has 0 aromatic heterocycles. The van der Waals surface area contributed by atoms with E-state index in [1.807, 2.05) is 29.2 Å². The average Bonchev–Trinajstić information content (AvgIpc) is 2.97. The predicted octanol–water partition coefficient (Wildman–Crippen LogP) is 7.63. The summed E-state index contributed by atoms with van der Waals surface area (Å²) in [5.74, 6) is -1.36. The Morgan fingerprint density at radius 3 is 1.64 bits per heavy atom. The summed E-state index contributed by atoms with van der Waals surface area (Å²) < 4.78 is 22.3. The minimum atomic E-state index is -1.16. The number of aryl methyl sites for hydroxylation is 1. The van der Waals surface area contributed by atoms with E-state index in [0.29, 0.717) is 0 Å². The van der Waals surface area contributed by atoms with Crippen molar-refractivity contribution in [1.82, 2.24) is 0 Å². The van der Waals surface area contributed by atoms with Gasteiger partial charge >= 0.3 is 11.9 Å². The van der Waals surface area contributed by atoms with Crippen LogP contribution < -0.4 is 4.90 Å². The number of nitrogens with zero attached hydrogens (tertiary/aromatic N) is 1. The number of halogens is 4. The molecule has 3 aromatic rings. The van der Waals surface area contributed by atoms with Crippen LogP contribution in [0.15, 0.2) is 72.8 Å². The maximum atomic E-state index is 12.8. The quantitative estimate of drug-likeness (QED) is 0.123. The molecule has 7 nitrogen and oxygen atoms in total. The van der Waals surface area contributed by atoms with Crippen molar-refractivity contribution in [1.29, 1.82) is 0 Å². The summed E-state index contributed by atoms with van der Waals surface area (Å²) in [5, 5.41) is 0.495. The zero-order valence-electron chi connectivity index (χ0n) is 23.5. The van der Waals surface area contributed by atoms with Gasteiger partial charge in [-0.2, -0.15) is 0 Å². The molecule has 0 aliphatic rings. The molecule has 0 amide bonds. The van der Waals surface area contributed by atoms with Crippen molar-refractivity contribution < 1.29 is 28.5 Å². The SMILES string of the molecule is CCCc1cccc(N(CC(OC)C(Cl)OC(=O)c2ccccc2Cl)CC(OC)C(Cl)OC(=O)c2ccccc2Cl)c1. The zero-order chi connectivity index (χ0) is 30.6. The van der Waals surface area contributed by atoms with Gasteiger partial charge < -0.3 is 23.8 Å². The fourth-order valence-electron chi connectivity index (χ4n) is 4.18. The first-order valence-electron chi connectivity index (χ1n) is 13.3. The van der Waals surface area contributed by atoms with E-state index >= 15 is 0 Å². The lowest BCUT2D eigenvalue weighted by Gasteiger charge is -2.34. The van der Waals surface area contributed by atoms with E-state index in [4.69, 9.17) is 65.4 Å². The standard InChI is InChI=1S/C31H33Cl4NO6/c1-4-10-20-11-9-12-21(17-20)36(18-26(39-2)28(34)41-30(37)22-13-5-7-15-24(22)32)19-27(40-3)29(35)42-31(38)23-14-6-8-16-25(23)33/h5-9,11-17,26-29H,4,10,18-19H2,1-3H3. The summed E-state index contributed by atoms with van der Waals surface area (Å²) in [6.45, 7) is 2.46. The molecule has 11 heteroatoms. The Balaban J connectivity index is 1.82. The van der Waals surface area contributed by atoms with Crippen molar-refractivity contribution in [2.24, 2.45) is 0 Å². The van der Waals surface area contributed by atoms with E-state index < -0.39 is 35.3 Å². The molecule has 42 heavy (non-hydrogen) atoms. The lowest BCUT2D eigenvalue weighted by Crippen LogP contribution is -2.46. The normalized spacial score (nSPS) is 14.0. The molecule has 0 N–H and O–H groups in total.